The first-order valence-corrected chi connectivity index (χ1v) is 9.34. The van der Waals surface area contributed by atoms with Gasteiger partial charge in [0.25, 0.3) is 0 Å². The number of hydrogen-bond acceptors (Lipinski definition) is 3. The highest BCUT2D eigenvalue weighted by Crippen LogP contribution is 2.33. The Hall–Kier alpha value is -2.17. The minimum atomic E-state index is -0.822. The van der Waals surface area contributed by atoms with Gasteiger partial charge in [-0.1, -0.05) is 60.7 Å². The molecule has 0 amide bonds. The molecule has 1 aliphatic rings. The second kappa shape index (κ2) is 8.47. The highest BCUT2D eigenvalue weighted by atomic mass is 16.5. The van der Waals surface area contributed by atoms with Crippen LogP contribution in [0.25, 0.3) is 0 Å². The molecule has 1 heterocycles. The molecule has 1 unspecified atom stereocenters. The smallest absolute Gasteiger partial charge is 0.321 e. The maximum absolute atomic E-state index is 13.3. The van der Waals surface area contributed by atoms with Gasteiger partial charge in [-0.2, -0.15) is 0 Å². The summed E-state index contributed by atoms with van der Waals surface area (Å²) in [5.74, 6) is -0.199. The van der Waals surface area contributed by atoms with Crippen LogP contribution >= 0.6 is 0 Å². The number of nitrogens with one attached hydrogen (secondary N) is 1. The lowest BCUT2D eigenvalue weighted by Gasteiger charge is -2.31. The Balaban J connectivity index is 1.79. The molecule has 1 saturated heterocycles. The number of esters is 1. The van der Waals surface area contributed by atoms with Crippen molar-refractivity contribution < 1.29 is 19.2 Å². The number of carbonyl (C=O) groups is 1. The van der Waals surface area contributed by atoms with E-state index in [9.17, 15) is 4.79 Å². The lowest BCUT2D eigenvalue weighted by atomic mass is 9.76. The van der Waals surface area contributed by atoms with E-state index >= 15 is 0 Å². The molecule has 0 bridgehead atoms. The van der Waals surface area contributed by atoms with Crippen molar-refractivity contribution in [1.29, 1.82) is 0 Å². The van der Waals surface area contributed by atoms with Crippen LogP contribution in [0.3, 0.4) is 0 Å². The van der Waals surface area contributed by atoms with Crippen LogP contribution in [0.2, 0.25) is 0 Å². The van der Waals surface area contributed by atoms with E-state index < -0.39 is 5.41 Å². The minimum Gasteiger partial charge on any atom is -0.456 e. The van der Waals surface area contributed by atoms with Crippen molar-refractivity contribution in [1.82, 2.24) is 0 Å². The molecule has 1 atom stereocenters. The zero-order valence-electron chi connectivity index (χ0n) is 15.6. The highest BCUT2D eigenvalue weighted by molar-refractivity contribution is 5.87. The predicted molar refractivity (Wildman–Crippen MR) is 101 cm³/mol. The second-order valence-electron chi connectivity index (χ2n) is 7.14. The summed E-state index contributed by atoms with van der Waals surface area (Å²) in [5, 5.41) is 0. The van der Waals surface area contributed by atoms with Gasteiger partial charge in [0.2, 0.25) is 0 Å². The molecule has 1 N–H and O–H groups in total. The standard InChI is InChI=1S/C22H27NO3/c1-18(17-23-13-15-25-16-14-23)26-21(24)22(2,19-9-5-3-6-10-19)20-11-7-4-8-12-20/h3-12,18H,13-17H2,1-2H3/p+1. The lowest BCUT2D eigenvalue weighted by Crippen LogP contribution is -3.15. The summed E-state index contributed by atoms with van der Waals surface area (Å²) in [6.45, 7) is 8.25. The van der Waals surface area contributed by atoms with E-state index in [4.69, 9.17) is 9.47 Å². The minimum absolute atomic E-state index is 0.137. The van der Waals surface area contributed by atoms with E-state index in [1.807, 2.05) is 74.5 Å². The van der Waals surface area contributed by atoms with Crippen LogP contribution in [-0.2, 0) is 19.7 Å². The Morgan fingerprint density at radius 3 is 2.04 bits per heavy atom. The predicted octanol–water partition coefficient (Wildman–Crippen LogP) is 1.84. The first-order chi connectivity index (χ1) is 12.6. The topological polar surface area (TPSA) is 40.0 Å². The van der Waals surface area contributed by atoms with Crippen LogP contribution in [0.15, 0.2) is 60.7 Å². The molecule has 138 valence electrons. The molecule has 0 saturated carbocycles. The fourth-order valence-corrected chi connectivity index (χ4v) is 3.56. The molecule has 26 heavy (non-hydrogen) atoms. The van der Waals surface area contributed by atoms with E-state index in [1.165, 1.54) is 4.90 Å². The van der Waals surface area contributed by atoms with Crippen molar-refractivity contribution >= 4 is 5.97 Å². The number of morpholine rings is 1. The van der Waals surface area contributed by atoms with Crippen LogP contribution in [0, 0.1) is 0 Å². The third-order valence-corrected chi connectivity index (χ3v) is 5.19. The summed E-state index contributed by atoms with van der Waals surface area (Å²) in [4.78, 5) is 14.7. The SMILES string of the molecule is CC(C[NH+]1CCOCC1)OC(=O)C(C)(c1ccccc1)c1ccccc1. The third kappa shape index (κ3) is 4.14. The molecular weight excluding hydrogens is 326 g/mol. The Labute approximate surface area is 155 Å². The van der Waals surface area contributed by atoms with Crippen molar-refractivity contribution in [3.8, 4) is 0 Å². The molecule has 4 nitrogen and oxygen atoms in total. The molecule has 2 aromatic rings. The molecule has 0 radical (unpaired) electrons. The number of carbonyl (C=O) groups excluding carboxylic acids is 1. The quantitative estimate of drug-likeness (QED) is 0.805. The first-order valence-electron chi connectivity index (χ1n) is 9.34. The fourth-order valence-electron chi connectivity index (χ4n) is 3.56. The molecule has 0 aliphatic carbocycles. The van der Waals surface area contributed by atoms with Crippen LogP contribution in [-0.4, -0.2) is 44.9 Å². The Kier molecular flexibility index (Phi) is 6.07. The molecule has 1 fully saturated rings. The maximum atomic E-state index is 13.3. The number of benzene rings is 2. The van der Waals surface area contributed by atoms with E-state index in [0.717, 1.165) is 44.0 Å². The Bertz CT molecular complexity index is 656. The lowest BCUT2D eigenvalue weighted by molar-refractivity contribution is -0.910. The van der Waals surface area contributed by atoms with Gasteiger partial charge in [-0.25, -0.2) is 0 Å². The van der Waals surface area contributed by atoms with Gasteiger partial charge in [0.05, 0.1) is 13.2 Å². The summed E-state index contributed by atoms with van der Waals surface area (Å²) < 4.78 is 11.3. The third-order valence-electron chi connectivity index (χ3n) is 5.19. The summed E-state index contributed by atoms with van der Waals surface area (Å²) in [7, 11) is 0. The van der Waals surface area contributed by atoms with E-state index in [2.05, 4.69) is 0 Å². The molecule has 4 heteroatoms. The fraction of sp³-hybridized carbons (Fsp3) is 0.409. The maximum Gasteiger partial charge on any atom is 0.321 e. The Morgan fingerprint density at radius 1 is 1.04 bits per heavy atom. The largest absolute Gasteiger partial charge is 0.456 e. The molecule has 1 aliphatic heterocycles. The number of rotatable bonds is 6. The van der Waals surface area contributed by atoms with Gasteiger partial charge in [0.15, 0.2) is 0 Å². The zero-order chi connectivity index (χ0) is 18.4. The van der Waals surface area contributed by atoms with Gasteiger partial charge in [0.1, 0.15) is 31.2 Å². The van der Waals surface area contributed by atoms with Crippen LogP contribution in [0.5, 0.6) is 0 Å². The normalized spacial score (nSPS) is 16.8. The monoisotopic (exact) mass is 354 g/mol. The van der Waals surface area contributed by atoms with E-state index in [-0.39, 0.29) is 12.1 Å². The second-order valence-corrected chi connectivity index (χ2v) is 7.14. The van der Waals surface area contributed by atoms with E-state index in [1.54, 1.807) is 0 Å². The highest BCUT2D eigenvalue weighted by Gasteiger charge is 2.39. The van der Waals surface area contributed by atoms with Crippen molar-refractivity contribution in [3.63, 3.8) is 0 Å². The van der Waals surface area contributed by atoms with Gasteiger partial charge >= 0.3 is 5.97 Å². The summed E-state index contributed by atoms with van der Waals surface area (Å²) in [6, 6.07) is 19.7. The van der Waals surface area contributed by atoms with Crippen LogP contribution in [0.1, 0.15) is 25.0 Å². The average molecular weight is 354 g/mol. The summed E-state index contributed by atoms with van der Waals surface area (Å²) >= 11 is 0. The number of hydrogen-bond donors (Lipinski definition) is 1. The van der Waals surface area contributed by atoms with Gasteiger partial charge < -0.3 is 14.4 Å². The van der Waals surface area contributed by atoms with Crippen LogP contribution in [0.4, 0.5) is 0 Å². The van der Waals surface area contributed by atoms with Gasteiger partial charge in [-0.05, 0) is 25.0 Å². The van der Waals surface area contributed by atoms with Crippen molar-refractivity contribution in [2.24, 2.45) is 0 Å². The number of ether oxygens (including phenoxy) is 2. The van der Waals surface area contributed by atoms with Gasteiger partial charge in [0, 0.05) is 0 Å². The molecule has 2 aromatic carbocycles. The number of quaternary nitrogens is 1. The molecular formula is C22H28NO3+. The molecule has 0 spiro atoms. The van der Waals surface area contributed by atoms with Crippen molar-refractivity contribution in [2.75, 3.05) is 32.8 Å². The van der Waals surface area contributed by atoms with Gasteiger partial charge in [-0.3, -0.25) is 4.79 Å². The van der Waals surface area contributed by atoms with Gasteiger partial charge in [-0.15, -0.1) is 0 Å². The molecule has 0 aromatic heterocycles. The summed E-state index contributed by atoms with van der Waals surface area (Å²) in [6.07, 6.45) is -0.137. The molecule has 3 rings (SSSR count). The van der Waals surface area contributed by atoms with Crippen molar-refractivity contribution in [3.05, 3.63) is 71.8 Å². The summed E-state index contributed by atoms with van der Waals surface area (Å²) in [5.41, 5.74) is 1.07. The first kappa shape index (κ1) is 18.6. The van der Waals surface area contributed by atoms with Crippen molar-refractivity contribution in [2.45, 2.75) is 25.4 Å². The van der Waals surface area contributed by atoms with E-state index in [0.29, 0.717) is 0 Å². The van der Waals surface area contributed by atoms with Crippen LogP contribution < -0.4 is 4.90 Å². The zero-order valence-corrected chi connectivity index (χ0v) is 15.6. The average Bonchev–Trinajstić information content (AvgIpc) is 2.69. The Morgan fingerprint density at radius 2 is 1.54 bits per heavy atom.